The minimum atomic E-state index is -4.80. The summed E-state index contributed by atoms with van der Waals surface area (Å²) in [7, 11) is 2.98. The second-order valence-corrected chi connectivity index (χ2v) is 5.04. The number of urea groups is 1. The third-order valence-electron chi connectivity index (χ3n) is 3.25. The summed E-state index contributed by atoms with van der Waals surface area (Å²) >= 11 is 0. The summed E-state index contributed by atoms with van der Waals surface area (Å²) in [5.74, 6) is 0.574. The van der Waals surface area contributed by atoms with E-state index in [-0.39, 0.29) is 12.2 Å². The van der Waals surface area contributed by atoms with Crippen LogP contribution in [0.15, 0.2) is 42.5 Å². The number of hydrogen-bond donors (Lipinski definition) is 2. The molecule has 2 N–H and O–H groups in total. The molecule has 0 atom stereocenters. The Morgan fingerprint density at radius 3 is 2.46 bits per heavy atom. The van der Waals surface area contributed by atoms with E-state index in [1.54, 1.807) is 18.2 Å². The molecule has 6 nitrogen and oxygen atoms in total. The van der Waals surface area contributed by atoms with Crippen molar-refractivity contribution in [3.63, 3.8) is 0 Å². The van der Waals surface area contributed by atoms with Crippen molar-refractivity contribution >= 4 is 11.7 Å². The summed E-state index contributed by atoms with van der Waals surface area (Å²) in [6.45, 7) is 0.130. The third-order valence-corrected chi connectivity index (χ3v) is 3.25. The first kappa shape index (κ1) is 19.2. The van der Waals surface area contributed by atoms with E-state index in [2.05, 4.69) is 15.4 Å². The first-order chi connectivity index (χ1) is 12.3. The van der Waals surface area contributed by atoms with E-state index < -0.39 is 18.1 Å². The van der Waals surface area contributed by atoms with Gasteiger partial charge in [-0.15, -0.1) is 13.2 Å². The van der Waals surface area contributed by atoms with Crippen LogP contribution in [-0.2, 0) is 6.54 Å². The molecule has 2 amide bonds. The highest BCUT2D eigenvalue weighted by Gasteiger charge is 2.31. The number of rotatable bonds is 6. The van der Waals surface area contributed by atoms with Crippen LogP contribution in [0.3, 0.4) is 0 Å². The molecule has 0 fully saturated rings. The number of para-hydroxylation sites is 1. The predicted molar refractivity (Wildman–Crippen MR) is 88.5 cm³/mol. The van der Waals surface area contributed by atoms with E-state index in [1.165, 1.54) is 26.4 Å². The highest BCUT2D eigenvalue weighted by atomic mass is 19.4. The lowest BCUT2D eigenvalue weighted by molar-refractivity contribution is -0.274. The van der Waals surface area contributed by atoms with Gasteiger partial charge in [0.05, 0.1) is 14.2 Å². The predicted octanol–water partition coefficient (Wildman–Crippen LogP) is 3.92. The van der Waals surface area contributed by atoms with Crippen LogP contribution in [-0.4, -0.2) is 26.6 Å². The molecule has 2 aromatic carbocycles. The maximum absolute atomic E-state index is 12.2. The van der Waals surface area contributed by atoms with Gasteiger partial charge in [0.15, 0.2) is 11.5 Å². The van der Waals surface area contributed by atoms with Crippen molar-refractivity contribution in [1.82, 2.24) is 5.32 Å². The quantitative estimate of drug-likeness (QED) is 0.809. The van der Waals surface area contributed by atoms with Gasteiger partial charge >= 0.3 is 12.4 Å². The van der Waals surface area contributed by atoms with Gasteiger partial charge < -0.3 is 24.8 Å². The number of carbonyl (C=O) groups is 1. The van der Waals surface area contributed by atoms with E-state index in [9.17, 15) is 18.0 Å². The van der Waals surface area contributed by atoms with Gasteiger partial charge in [-0.25, -0.2) is 4.79 Å². The second-order valence-electron chi connectivity index (χ2n) is 5.04. The van der Waals surface area contributed by atoms with Crippen LogP contribution in [0.1, 0.15) is 5.56 Å². The van der Waals surface area contributed by atoms with Crippen LogP contribution in [0, 0.1) is 0 Å². The van der Waals surface area contributed by atoms with Gasteiger partial charge in [0.1, 0.15) is 5.75 Å². The molecule has 0 heterocycles. The molecule has 2 rings (SSSR count). The summed E-state index contributed by atoms with van der Waals surface area (Å²) < 4.78 is 50.9. The molecule has 0 aromatic heterocycles. The Balaban J connectivity index is 1.99. The topological polar surface area (TPSA) is 68.8 Å². The van der Waals surface area contributed by atoms with E-state index in [1.807, 2.05) is 0 Å². The standard InChI is InChI=1S/C17H17F3N2O4/c1-24-14-8-3-5-11(15(14)25-2)10-21-16(23)22-12-6-4-7-13(9-12)26-17(18,19)20/h3-9H,10H2,1-2H3,(H2,21,22,23). The van der Waals surface area contributed by atoms with Gasteiger partial charge in [0, 0.05) is 23.9 Å². The summed E-state index contributed by atoms with van der Waals surface area (Å²) in [6, 6.07) is 9.59. The SMILES string of the molecule is COc1cccc(CNC(=O)Nc2cccc(OC(F)(F)F)c2)c1OC. The average molecular weight is 370 g/mol. The smallest absolute Gasteiger partial charge is 0.493 e. The first-order valence-electron chi connectivity index (χ1n) is 7.43. The number of hydrogen-bond acceptors (Lipinski definition) is 4. The van der Waals surface area contributed by atoms with Crippen molar-refractivity contribution in [2.24, 2.45) is 0 Å². The largest absolute Gasteiger partial charge is 0.573 e. The molecule has 26 heavy (non-hydrogen) atoms. The van der Waals surface area contributed by atoms with Crippen molar-refractivity contribution in [3.8, 4) is 17.2 Å². The maximum atomic E-state index is 12.2. The Kier molecular flexibility index (Phi) is 6.16. The Bertz CT molecular complexity index is 766. The first-order valence-corrected chi connectivity index (χ1v) is 7.43. The molecule has 0 aliphatic rings. The number of amides is 2. The van der Waals surface area contributed by atoms with Gasteiger partial charge in [-0.3, -0.25) is 0 Å². The molecule has 9 heteroatoms. The average Bonchev–Trinajstić information content (AvgIpc) is 2.58. The van der Waals surface area contributed by atoms with Gasteiger partial charge in [-0.05, 0) is 18.2 Å². The Morgan fingerprint density at radius 1 is 1.08 bits per heavy atom. The number of benzene rings is 2. The molecule has 2 aromatic rings. The van der Waals surface area contributed by atoms with Gasteiger partial charge in [-0.1, -0.05) is 18.2 Å². The van der Waals surface area contributed by atoms with Gasteiger partial charge in [0.25, 0.3) is 0 Å². The monoisotopic (exact) mass is 370 g/mol. The second kappa shape index (κ2) is 8.32. The highest BCUT2D eigenvalue weighted by Crippen LogP contribution is 2.30. The normalized spacial score (nSPS) is 10.8. The van der Waals surface area contributed by atoms with Gasteiger partial charge in [0.2, 0.25) is 0 Å². The lowest BCUT2D eigenvalue weighted by Gasteiger charge is -2.14. The van der Waals surface area contributed by atoms with Crippen LogP contribution in [0.2, 0.25) is 0 Å². The van der Waals surface area contributed by atoms with Crippen molar-refractivity contribution in [2.75, 3.05) is 19.5 Å². The number of anilines is 1. The molecule has 0 aliphatic carbocycles. The Hall–Kier alpha value is -3.10. The highest BCUT2D eigenvalue weighted by molar-refractivity contribution is 5.89. The number of halogens is 3. The number of methoxy groups -OCH3 is 2. The van der Waals surface area contributed by atoms with Crippen LogP contribution in [0.5, 0.6) is 17.2 Å². The third kappa shape index (κ3) is 5.47. The van der Waals surface area contributed by atoms with Crippen molar-refractivity contribution < 1.29 is 32.2 Å². The minimum absolute atomic E-state index is 0.130. The zero-order chi connectivity index (χ0) is 19.2. The fourth-order valence-electron chi connectivity index (χ4n) is 2.21. The fourth-order valence-corrected chi connectivity index (χ4v) is 2.21. The minimum Gasteiger partial charge on any atom is -0.493 e. The molecule has 0 bridgehead atoms. The maximum Gasteiger partial charge on any atom is 0.573 e. The van der Waals surface area contributed by atoms with E-state index in [4.69, 9.17) is 9.47 Å². The van der Waals surface area contributed by atoms with Crippen molar-refractivity contribution in [2.45, 2.75) is 12.9 Å². The Labute approximate surface area is 147 Å². The van der Waals surface area contributed by atoms with E-state index in [0.29, 0.717) is 17.1 Å². The van der Waals surface area contributed by atoms with Gasteiger partial charge in [-0.2, -0.15) is 0 Å². The molecule has 0 unspecified atom stereocenters. The zero-order valence-electron chi connectivity index (χ0n) is 14.0. The van der Waals surface area contributed by atoms with Crippen LogP contribution < -0.4 is 24.8 Å². The number of ether oxygens (including phenoxy) is 3. The molecule has 0 spiro atoms. The molecular weight excluding hydrogens is 353 g/mol. The molecule has 0 saturated carbocycles. The fraction of sp³-hybridized carbons (Fsp3) is 0.235. The van der Waals surface area contributed by atoms with Crippen molar-refractivity contribution in [1.29, 1.82) is 0 Å². The van der Waals surface area contributed by atoms with Crippen LogP contribution >= 0.6 is 0 Å². The van der Waals surface area contributed by atoms with E-state index >= 15 is 0 Å². The number of alkyl halides is 3. The molecular formula is C17H17F3N2O4. The van der Waals surface area contributed by atoms with Crippen LogP contribution in [0.4, 0.5) is 23.7 Å². The summed E-state index contributed by atoms with van der Waals surface area (Å²) in [6.07, 6.45) is -4.80. The Morgan fingerprint density at radius 2 is 1.81 bits per heavy atom. The molecule has 140 valence electrons. The summed E-state index contributed by atoms with van der Waals surface area (Å²) in [5.41, 5.74) is 0.831. The lowest BCUT2D eigenvalue weighted by Crippen LogP contribution is -2.28. The van der Waals surface area contributed by atoms with Crippen LogP contribution in [0.25, 0.3) is 0 Å². The number of nitrogens with one attached hydrogen (secondary N) is 2. The number of carbonyl (C=O) groups excluding carboxylic acids is 1. The lowest BCUT2D eigenvalue weighted by atomic mass is 10.2. The zero-order valence-corrected chi connectivity index (χ0v) is 14.0. The molecule has 0 aliphatic heterocycles. The van der Waals surface area contributed by atoms with Crippen molar-refractivity contribution in [3.05, 3.63) is 48.0 Å². The molecule has 0 saturated heterocycles. The van der Waals surface area contributed by atoms with E-state index in [0.717, 1.165) is 12.1 Å². The summed E-state index contributed by atoms with van der Waals surface area (Å²) in [5, 5.41) is 5.03. The summed E-state index contributed by atoms with van der Waals surface area (Å²) in [4.78, 5) is 12.0. The molecule has 0 radical (unpaired) electrons.